The van der Waals surface area contributed by atoms with Crippen LogP contribution in [0.5, 0.6) is 5.75 Å². The van der Waals surface area contributed by atoms with Gasteiger partial charge < -0.3 is 19.7 Å². The van der Waals surface area contributed by atoms with Gasteiger partial charge in [-0.1, -0.05) is 18.2 Å². The second kappa shape index (κ2) is 7.95. The Bertz CT molecular complexity index is 456. The van der Waals surface area contributed by atoms with Crippen LogP contribution in [0.4, 0.5) is 0 Å². The van der Waals surface area contributed by atoms with Crippen LogP contribution in [0, 0.1) is 0 Å². The van der Waals surface area contributed by atoms with Crippen molar-refractivity contribution < 1.29 is 9.47 Å². The van der Waals surface area contributed by atoms with E-state index in [1.54, 1.807) is 7.11 Å². The van der Waals surface area contributed by atoms with E-state index >= 15 is 0 Å². The van der Waals surface area contributed by atoms with Gasteiger partial charge in [-0.25, -0.2) is 0 Å². The quantitative estimate of drug-likeness (QED) is 0.838. The van der Waals surface area contributed by atoms with Crippen molar-refractivity contribution in [2.45, 2.75) is 37.8 Å². The number of nitrogens with zero attached hydrogens (tertiary/aromatic N) is 1. The minimum atomic E-state index is 0.216. The minimum absolute atomic E-state index is 0.216. The van der Waals surface area contributed by atoms with Gasteiger partial charge in [0.25, 0.3) is 0 Å². The number of hydrogen-bond donors (Lipinski definition) is 1. The van der Waals surface area contributed by atoms with E-state index in [1.165, 1.54) is 5.56 Å². The molecule has 1 N–H and O–H groups in total. The first-order chi connectivity index (χ1) is 10.6. The summed E-state index contributed by atoms with van der Waals surface area (Å²) in [5.41, 5.74) is 1.48. The minimum Gasteiger partial charge on any atom is -0.496 e. The number of rotatable bonds is 7. The normalized spacial score (nSPS) is 19.1. The van der Waals surface area contributed by atoms with Crippen molar-refractivity contribution in [2.75, 3.05) is 41.0 Å². The van der Waals surface area contributed by atoms with Gasteiger partial charge in [0.2, 0.25) is 0 Å². The molecule has 2 rings (SSSR count). The summed E-state index contributed by atoms with van der Waals surface area (Å²) in [7, 11) is 6.09. The van der Waals surface area contributed by atoms with Crippen molar-refractivity contribution in [1.29, 1.82) is 0 Å². The molecule has 0 aliphatic carbocycles. The Kier molecular flexibility index (Phi) is 6.24. The number of hydrogen-bond acceptors (Lipinski definition) is 4. The largest absolute Gasteiger partial charge is 0.496 e. The fourth-order valence-corrected chi connectivity index (χ4v) is 3.17. The summed E-state index contributed by atoms with van der Waals surface area (Å²) in [5, 5.41) is 3.72. The molecular weight excluding hydrogens is 276 g/mol. The Hall–Kier alpha value is -1.10. The molecule has 1 atom stereocenters. The van der Waals surface area contributed by atoms with Crippen molar-refractivity contribution in [3.05, 3.63) is 29.8 Å². The van der Waals surface area contributed by atoms with Crippen LogP contribution in [0.2, 0.25) is 0 Å². The summed E-state index contributed by atoms with van der Waals surface area (Å²) < 4.78 is 11.0. The average molecular weight is 306 g/mol. The van der Waals surface area contributed by atoms with E-state index in [4.69, 9.17) is 9.47 Å². The molecular formula is C18H30N2O2. The van der Waals surface area contributed by atoms with Crippen LogP contribution in [0.3, 0.4) is 0 Å². The second-order valence-corrected chi connectivity index (χ2v) is 6.53. The molecule has 1 aromatic carbocycles. The molecule has 0 bridgehead atoms. The summed E-state index contributed by atoms with van der Waals surface area (Å²) >= 11 is 0. The van der Waals surface area contributed by atoms with Gasteiger partial charge in [-0.2, -0.15) is 0 Å². The molecule has 1 fully saturated rings. The van der Waals surface area contributed by atoms with E-state index in [-0.39, 0.29) is 5.54 Å². The van der Waals surface area contributed by atoms with Gasteiger partial charge in [0.05, 0.1) is 7.11 Å². The third-order valence-corrected chi connectivity index (χ3v) is 4.87. The molecule has 0 radical (unpaired) electrons. The lowest BCUT2D eigenvalue weighted by atomic mass is 9.88. The molecule has 0 saturated carbocycles. The number of nitrogens with one attached hydrogen (secondary N) is 1. The van der Waals surface area contributed by atoms with Gasteiger partial charge in [-0.15, -0.1) is 0 Å². The van der Waals surface area contributed by atoms with Gasteiger partial charge in [0.1, 0.15) is 5.75 Å². The van der Waals surface area contributed by atoms with E-state index in [0.717, 1.165) is 44.8 Å². The molecule has 124 valence electrons. The van der Waals surface area contributed by atoms with E-state index < -0.39 is 0 Å². The molecule has 0 unspecified atom stereocenters. The maximum Gasteiger partial charge on any atom is 0.122 e. The van der Waals surface area contributed by atoms with E-state index in [1.807, 2.05) is 12.1 Å². The fraction of sp³-hybridized carbons (Fsp3) is 0.667. The zero-order chi connectivity index (χ0) is 16.0. The lowest BCUT2D eigenvalue weighted by Crippen LogP contribution is -2.56. The Balaban J connectivity index is 1.92. The topological polar surface area (TPSA) is 33.7 Å². The summed E-state index contributed by atoms with van der Waals surface area (Å²) in [6, 6.07) is 8.68. The van der Waals surface area contributed by atoms with Crippen molar-refractivity contribution >= 4 is 0 Å². The highest BCUT2D eigenvalue weighted by Gasteiger charge is 2.34. The molecule has 1 heterocycles. The zero-order valence-electron chi connectivity index (χ0n) is 14.4. The predicted molar refractivity (Wildman–Crippen MR) is 90.6 cm³/mol. The van der Waals surface area contributed by atoms with Crippen LogP contribution in [-0.4, -0.2) is 57.4 Å². The monoisotopic (exact) mass is 306 g/mol. The van der Waals surface area contributed by atoms with E-state index in [2.05, 4.69) is 43.4 Å². The third kappa shape index (κ3) is 4.22. The highest BCUT2D eigenvalue weighted by molar-refractivity contribution is 5.33. The SMILES string of the molecule is COc1ccccc1C[C@H](C)NCC1(N(C)C)CCOCC1. The van der Waals surface area contributed by atoms with Gasteiger partial charge in [0.15, 0.2) is 0 Å². The van der Waals surface area contributed by atoms with Crippen LogP contribution in [0.15, 0.2) is 24.3 Å². The van der Waals surface area contributed by atoms with E-state index in [9.17, 15) is 0 Å². The van der Waals surface area contributed by atoms with Crippen LogP contribution in [0.1, 0.15) is 25.3 Å². The van der Waals surface area contributed by atoms with Crippen molar-refractivity contribution in [3.8, 4) is 5.75 Å². The van der Waals surface area contributed by atoms with Crippen LogP contribution in [-0.2, 0) is 11.2 Å². The molecule has 1 aliphatic heterocycles. The highest BCUT2D eigenvalue weighted by atomic mass is 16.5. The summed E-state index contributed by atoms with van der Waals surface area (Å²) in [6.45, 7) is 4.97. The lowest BCUT2D eigenvalue weighted by Gasteiger charge is -2.43. The first-order valence-corrected chi connectivity index (χ1v) is 8.18. The number of methoxy groups -OCH3 is 1. The maximum absolute atomic E-state index is 5.54. The Morgan fingerprint density at radius 1 is 1.27 bits per heavy atom. The van der Waals surface area contributed by atoms with Gasteiger partial charge >= 0.3 is 0 Å². The molecule has 1 aromatic rings. The Morgan fingerprint density at radius 2 is 1.95 bits per heavy atom. The van der Waals surface area contributed by atoms with E-state index in [0.29, 0.717) is 6.04 Å². The number of para-hydroxylation sites is 1. The Morgan fingerprint density at radius 3 is 2.59 bits per heavy atom. The molecule has 1 saturated heterocycles. The first kappa shape index (κ1) is 17.3. The number of benzene rings is 1. The number of ether oxygens (including phenoxy) is 2. The van der Waals surface area contributed by atoms with Gasteiger partial charge in [0, 0.05) is 31.3 Å². The molecule has 0 spiro atoms. The molecule has 22 heavy (non-hydrogen) atoms. The average Bonchev–Trinajstić information content (AvgIpc) is 2.54. The lowest BCUT2D eigenvalue weighted by molar-refractivity contribution is -0.00803. The summed E-state index contributed by atoms with van der Waals surface area (Å²) in [4.78, 5) is 2.36. The Labute approximate surface area is 134 Å². The van der Waals surface area contributed by atoms with Gasteiger partial charge in [-0.3, -0.25) is 0 Å². The van der Waals surface area contributed by atoms with Crippen molar-refractivity contribution in [2.24, 2.45) is 0 Å². The standard InChI is InChI=1S/C18H30N2O2/c1-15(13-16-7-5-6-8-17(16)21-4)19-14-18(20(2)3)9-11-22-12-10-18/h5-8,15,19H,9-14H2,1-4H3/t15-/m0/s1. The molecule has 4 nitrogen and oxygen atoms in total. The summed E-state index contributed by atoms with van der Waals surface area (Å²) in [6.07, 6.45) is 3.16. The molecule has 1 aliphatic rings. The summed E-state index contributed by atoms with van der Waals surface area (Å²) in [5.74, 6) is 0.976. The smallest absolute Gasteiger partial charge is 0.122 e. The maximum atomic E-state index is 5.54. The van der Waals surface area contributed by atoms with Crippen LogP contribution >= 0.6 is 0 Å². The zero-order valence-corrected chi connectivity index (χ0v) is 14.4. The van der Waals surface area contributed by atoms with Crippen molar-refractivity contribution in [3.63, 3.8) is 0 Å². The molecule has 0 amide bonds. The van der Waals surface area contributed by atoms with Gasteiger partial charge in [-0.05, 0) is 51.9 Å². The van der Waals surface area contributed by atoms with Crippen LogP contribution in [0.25, 0.3) is 0 Å². The predicted octanol–water partition coefficient (Wildman–Crippen LogP) is 2.33. The third-order valence-electron chi connectivity index (χ3n) is 4.87. The second-order valence-electron chi connectivity index (χ2n) is 6.53. The molecule has 4 heteroatoms. The first-order valence-electron chi connectivity index (χ1n) is 8.18. The number of likely N-dealkylation sites (N-methyl/N-ethyl adjacent to an activating group) is 1. The van der Waals surface area contributed by atoms with Crippen LogP contribution < -0.4 is 10.1 Å². The van der Waals surface area contributed by atoms with Crippen molar-refractivity contribution in [1.82, 2.24) is 10.2 Å². The fourth-order valence-electron chi connectivity index (χ4n) is 3.17. The highest BCUT2D eigenvalue weighted by Crippen LogP contribution is 2.25. The molecule has 0 aromatic heterocycles.